The molecule has 0 heterocycles. The van der Waals surface area contributed by atoms with Gasteiger partial charge in [0.05, 0.1) is 5.54 Å². The maximum absolute atomic E-state index is 11.4. The van der Waals surface area contributed by atoms with Crippen molar-refractivity contribution >= 4 is 6.09 Å². The van der Waals surface area contributed by atoms with Crippen LogP contribution in [0, 0.1) is 12.3 Å². The summed E-state index contributed by atoms with van der Waals surface area (Å²) in [5.41, 5.74) is -0.618. The number of nitrogens with one attached hydrogen (secondary N) is 1. The minimum absolute atomic E-state index is 0.170. The van der Waals surface area contributed by atoms with Gasteiger partial charge in [0.25, 0.3) is 0 Å². The van der Waals surface area contributed by atoms with Gasteiger partial charge in [-0.05, 0) is 33.6 Å². The third kappa shape index (κ3) is 3.29. The number of carbonyl (C=O) groups is 1. The van der Waals surface area contributed by atoms with Crippen molar-refractivity contribution in [3.63, 3.8) is 0 Å². The molecule has 0 atom stereocenters. The van der Waals surface area contributed by atoms with Crippen LogP contribution in [0.4, 0.5) is 4.79 Å². The molecule has 14 heavy (non-hydrogen) atoms. The summed E-state index contributed by atoms with van der Waals surface area (Å²) >= 11 is 0. The minimum Gasteiger partial charge on any atom is -0.444 e. The third-order valence-electron chi connectivity index (χ3n) is 2.06. The topological polar surface area (TPSA) is 38.3 Å². The zero-order chi connectivity index (χ0) is 10.8. The molecule has 0 aromatic carbocycles. The molecule has 0 radical (unpaired) electrons. The number of hydrogen-bond acceptors (Lipinski definition) is 2. The van der Waals surface area contributed by atoms with Gasteiger partial charge in [0.15, 0.2) is 0 Å². The molecule has 3 heteroatoms. The van der Waals surface area contributed by atoms with Gasteiger partial charge in [0.2, 0.25) is 0 Å². The van der Waals surface area contributed by atoms with Crippen LogP contribution in [0.15, 0.2) is 0 Å². The van der Waals surface area contributed by atoms with Crippen LogP contribution in [0.3, 0.4) is 0 Å². The molecule has 1 amide bonds. The first-order valence-corrected chi connectivity index (χ1v) is 4.82. The molecule has 3 nitrogen and oxygen atoms in total. The van der Waals surface area contributed by atoms with Crippen LogP contribution in [0.5, 0.6) is 0 Å². The van der Waals surface area contributed by atoms with E-state index in [-0.39, 0.29) is 11.6 Å². The van der Waals surface area contributed by atoms with E-state index in [2.05, 4.69) is 11.2 Å². The third-order valence-corrected chi connectivity index (χ3v) is 2.06. The molecule has 0 bridgehead atoms. The summed E-state index contributed by atoms with van der Waals surface area (Å²) in [7, 11) is 0. The van der Waals surface area contributed by atoms with E-state index in [9.17, 15) is 4.79 Å². The first-order valence-electron chi connectivity index (χ1n) is 4.82. The van der Waals surface area contributed by atoms with Crippen molar-refractivity contribution in [1.29, 1.82) is 0 Å². The van der Waals surface area contributed by atoms with E-state index in [0.717, 1.165) is 12.8 Å². The fourth-order valence-corrected chi connectivity index (χ4v) is 1.21. The maximum Gasteiger partial charge on any atom is 0.408 e. The Kier molecular flexibility index (Phi) is 2.75. The van der Waals surface area contributed by atoms with Crippen molar-refractivity contribution in [2.24, 2.45) is 0 Å². The molecular weight excluding hydrogens is 178 g/mol. The van der Waals surface area contributed by atoms with Gasteiger partial charge in [-0.25, -0.2) is 4.79 Å². The molecular formula is C11H17NO2. The lowest BCUT2D eigenvalue weighted by Crippen LogP contribution is -2.40. The van der Waals surface area contributed by atoms with Crippen molar-refractivity contribution < 1.29 is 9.53 Å². The highest BCUT2D eigenvalue weighted by Gasteiger charge is 2.44. The van der Waals surface area contributed by atoms with Crippen LogP contribution in [-0.4, -0.2) is 17.2 Å². The van der Waals surface area contributed by atoms with Crippen LogP contribution in [0.2, 0.25) is 0 Å². The molecule has 1 aliphatic rings. The second-order valence-electron chi connectivity index (χ2n) is 4.79. The Labute approximate surface area is 85.2 Å². The molecule has 0 aromatic heterocycles. The number of ether oxygens (including phenoxy) is 1. The van der Waals surface area contributed by atoms with Crippen molar-refractivity contribution in [3.8, 4) is 12.3 Å². The van der Waals surface area contributed by atoms with Gasteiger partial charge in [-0.15, -0.1) is 12.3 Å². The Bertz CT molecular complexity index is 266. The molecule has 1 aliphatic carbocycles. The van der Waals surface area contributed by atoms with Crippen LogP contribution in [-0.2, 0) is 4.74 Å². The first kappa shape index (κ1) is 10.9. The number of hydrogen-bond donors (Lipinski definition) is 1. The molecule has 0 spiro atoms. The Morgan fingerprint density at radius 1 is 1.57 bits per heavy atom. The van der Waals surface area contributed by atoms with Crippen LogP contribution < -0.4 is 5.32 Å². The highest BCUT2D eigenvalue weighted by Crippen LogP contribution is 2.38. The van der Waals surface area contributed by atoms with Crippen LogP contribution >= 0.6 is 0 Å². The fourth-order valence-electron chi connectivity index (χ4n) is 1.21. The van der Waals surface area contributed by atoms with Gasteiger partial charge in [-0.2, -0.15) is 0 Å². The second kappa shape index (κ2) is 3.53. The Hall–Kier alpha value is -1.17. The fraction of sp³-hybridized carbons (Fsp3) is 0.727. The predicted octanol–water partition coefficient (Wildman–Crippen LogP) is 2.07. The number of carbonyl (C=O) groups excluding carboxylic acids is 1. The van der Waals surface area contributed by atoms with E-state index in [1.165, 1.54) is 0 Å². The minimum atomic E-state index is -0.448. The monoisotopic (exact) mass is 195 g/mol. The van der Waals surface area contributed by atoms with Crippen molar-refractivity contribution in [3.05, 3.63) is 0 Å². The summed E-state index contributed by atoms with van der Waals surface area (Å²) in [6, 6.07) is 0. The van der Waals surface area contributed by atoms with Gasteiger partial charge < -0.3 is 10.1 Å². The summed E-state index contributed by atoms with van der Waals surface area (Å²) in [5, 5.41) is 2.82. The highest BCUT2D eigenvalue weighted by molar-refractivity contribution is 5.69. The molecule has 1 fully saturated rings. The normalized spacial score (nSPS) is 18.1. The van der Waals surface area contributed by atoms with Gasteiger partial charge in [-0.1, -0.05) is 0 Å². The number of amides is 1. The smallest absolute Gasteiger partial charge is 0.408 e. The van der Waals surface area contributed by atoms with E-state index >= 15 is 0 Å². The first-order chi connectivity index (χ1) is 6.37. The zero-order valence-corrected chi connectivity index (χ0v) is 9.02. The molecule has 78 valence electrons. The average molecular weight is 195 g/mol. The van der Waals surface area contributed by atoms with E-state index in [4.69, 9.17) is 11.2 Å². The summed E-state index contributed by atoms with van der Waals surface area (Å²) in [4.78, 5) is 11.4. The summed E-state index contributed by atoms with van der Waals surface area (Å²) < 4.78 is 5.14. The van der Waals surface area contributed by atoms with E-state index < -0.39 is 5.60 Å². The molecule has 0 unspecified atom stereocenters. The summed E-state index contributed by atoms with van der Waals surface area (Å²) in [6.45, 7) is 5.52. The molecule has 0 aliphatic heterocycles. The molecule has 0 aromatic rings. The lowest BCUT2D eigenvalue weighted by molar-refractivity contribution is 0.0498. The van der Waals surface area contributed by atoms with Gasteiger partial charge in [0, 0.05) is 6.42 Å². The number of rotatable bonds is 2. The molecule has 0 saturated heterocycles. The van der Waals surface area contributed by atoms with E-state index in [1.54, 1.807) is 0 Å². The van der Waals surface area contributed by atoms with Crippen molar-refractivity contribution in [2.75, 3.05) is 0 Å². The largest absolute Gasteiger partial charge is 0.444 e. The molecule has 1 N–H and O–H groups in total. The van der Waals surface area contributed by atoms with E-state index in [0.29, 0.717) is 6.42 Å². The number of alkyl carbamates (subject to hydrolysis) is 1. The lowest BCUT2D eigenvalue weighted by atomic mass is 10.2. The standard InChI is InChI=1S/C11H17NO2/c1-5-6-11(7-8-11)12-9(13)14-10(2,3)4/h1H,6-8H2,2-4H3,(H,12,13). The van der Waals surface area contributed by atoms with Gasteiger partial charge in [-0.3, -0.25) is 0 Å². The quantitative estimate of drug-likeness (QED) is 0.685. The average Bonchev–Trinajstić information content (AvgIpc) is 2.64. The summed E-state index contributed by atoms with van der Waals surface area (Å²) in [6.07, 6.45) is 7.34. The zero-order valence-electron chi connectivity index (χ0n) is 9.02. The predicted molar refractivity (Wildman–Crippen MR) is 54.8 cm³/mol. The highest BCUT2D eigenvalue weighted by atomic mass is 16.6. The van der Waals surface area contributed by atoms with Gasteiger partial charge >= 0.3 is 6.09 Å². The molecule has 1 rings (SSSR count). The van der Waals surface area contributed by atoms with Crippen molar-refractivity contribution in [1.82, 2.24) is 5.32 Å². The lowest BCUT2D eigenvalue weighted by Gasteiger charge is -2.22. The second-order valence-corrected chi connectivity index (χ2v) is 4.79. The maximum atomic E-state index is 11.4. The Morgan fingerprint density at radius 3 is 2.50 bits per heavy atom. The van der Waals surface area contributed by atoms with Gasteiger partial charge in [0.1, 0.15) is 5.60 Å². The Balaban J connectivity index is 2.39. The SMILES string of the molecule is C#CCC1(NC(=O)OC(C)(C)C)CC1. The van der Waals surface area contributed by atoms with Crippen LogP contribution in [0.25, 0.3) is 0 Å². The molecule has 1 saturated carbocycles. The summed E-state index contributed by atoms with van der Waals surface area (Å²) in [5.74, 6) is 2.57. The number of terminal acetylenes is 1. The van der Waals surface area contributed by atoms with Crippen molar-refractivity contribution in [2.45, 2.75) is 51.2 Å². The Morgan fingerprint density at radius 2 is 2.14 bits per heavy atom. The van der Waals surface area contributed by atoms with Crippen LogP contribution in [0.1, 0.15) is 40.0 Å². The van der Waals surface area contributed by atoms with E-state index in [1.807, 2.05) is 20.8 Å².